The Morgan fingerprint density at radius 1 is 1.00 bits per heavy atom. The number of imidazole rings is 1. The number of aromatic amines is 1. The molecular weight excluding hydrogens is 346 g/mol. The van der Waals surface area contributed by atoms with Gasteiger partial charge in [-0.05, 0) is 19.3 Å². The number of nitrogens with one attached hydrogen (secondary N) is 1. The zero-order chi connectivity index (χ0) is 20.9. The maximum absolute atomic E-state index is 10.3. The Morgan fingerprint density at radius 3 is 1.69 bits per heavy atom. The first-order valence-corrected chi connectivity index (χ1v) is 7.81. The molecule has 1 rings (SSSR count). The molecule has 0 aliphatic carbocycles. The molecule has 0 saturated heterocycles. The second-order valence-corrected chi connectivity index (χ2v) is 5.91. The minimum Gasteiger partial charge on any atom is -0.480 e. The van der Waals surface area contributed by atoms with Crippen LogP contribution >= 0.6 is 0 Å². The van der Waals surface area contributed by atoms with E-state index in [1.165, 1.54) is 13.3 Å². The van der Waals surface area contributed by atoms with Crippen molar-refractivity contribution < 1.29 is 29.7 Å². The Bertz CT molecular complexity index is 533. The molecule has 26 heavy (non-hydrogen) atoms. The van der Waals surface area contributed by atoms with Gasteiger partial charge in [0, 0.05) is 12.6 Å². The van der Waals surface area contributed by atoms with Crippen LogP contribution in [0.4, 0.5) is 0 Å². The van der Waals surface area contributed by atoms with Gasteiger partial charge in [-0.2, -0.15) is 0 Å². The van der Waals surface area contributed by atoms with E-state index in [0.29, 0.717) is 18.0 Å². The molecule has 0 amide bonds. The number of nitrogens with two attached hydrogens (primary N) is 3. The molecule has 0 unspecified atom stereocenters. The molecule has 11 heteroatoms. The summed E-state index contributed by atoms with van der Waals surface area (Å²) in [5.74, 6) is -2.53. The number of aromatic nitrogens is 2. The fourth-order valence-corrected chi connectivity index (χ4v) is 1.32. The molecular formula is C15H29N5O6. The lowest BCUT2D eigenvalue weighted by molar-refractivity contribution is -0.139. The van der Waals surface area contributed by atoms with E-state index in [4.69, 9.17) is 32.5 Å². The standard InChI is InChI=1S/C6H9N3O2.C6H13NO2.C3H7NO2/c7-5(6(10)11)1-4-2-8-3-9-4;1-4(2)3-5(7)6(8)9;1-2(4)3(5)6/h2-3,5H,1,7H2,(H,8,9)(H,10,11);4-5H,3,7H2,1-2H3,(H,8,9);2H,4H2,1H3,(H,5,6)/t2*5-;2-/m000/s1. The fourth-order valence-electron chi connectivity index (χ4n) is 1.32. The topological polar surface area (TPSA) is 219 Å². The zero-order valence-electron chi connectivity index (χ0n) is 15.1. The smallest absolute Gasteiger partial charge is 0.320 e. The summed E-state index contributed by atoms with van der Waals surface area (Å²) in [4.78, 5) is 36.5. The molecule has 1 aromatic heterocycles. The van der Waals surface area contributed by atoms with Gasteiger partial charge in [-0.3, -0.25) is 14.4 Å². The van der Waals surface area contributed by atoms with Crippen LogP contribution in [0.1, 0.15) is 32.9 Å². The lowest BCUT2D eigenvalue weighted by atomic mass is 10.1. The molecule has 0 radical (unpaired) electrons. The number of hydrogen-bond donors (Lipinski definition) is 7. The summed E-state index contributed by atoms with van der Waals surface area (Å²) >= 11 is 0. The van der Waals surface area contributed by atoms with Gasteiger partial charge in [0.2, 0.25) is 0 Å². The highest BCUT2D eigenvalue weighted by Gasteiger charge is 2.12. The van der Waals surface area contributed by atoms with Gasteiger partial charge in [-0.1, -0.05) is 13.8 Å². The first-order chi connectivity index (χ1) is 11.9. The summed E-state index contributed by atoms with van der Waals surface area (Å²) in [5.41, 5.74) is 16.0. The summed E-state index contributed by atoms with van der Waals surface area (Å²) in [6.07, 6.45) is 3.93. The van der Waals surface area contributed by atoms with Crippen LogP contribution in [0.15, 0.2) is 12.5 Å². The molecule has 0 saturated carbocycles. The molecule has 0 aliphatic heterocycles. The number of rotatable bonds is 7. The summed E-state index contributed by atoms with van der Waals surface area (Å²) in [7, 11) is 0. The Kier molecular flexibility index (Phi) is 13.6. The predicted molar refractivity (Wildman–Crippen MR) is 94.3 cm³/mol. The van der Waals surface area contributed by atoms with E-state index >= 15 is 0 Å². The molecule has 0 spiro atoms. The maximum atomic E-state index is 10.3. The SMILES string of the molecule is CC(C)C[C@H](N)C(=O)O.C[C@H](N)C(=O)O.N[C@@H](Cc1c[nH]cn1)C(=O)O. The van der Waals surface area contributed by atoms with Gasteiger partial charge >= 0.3 is 17.9 Å². The van der Waals surface area contributed by atoms with Crippen LogP contribution in [0.5, 0.6) is 0 Å². The van der Waals surface area contributed by atoms with Gasteiger partial charge in [0.25, 0.3) is 0 Å². The number of carboxylic acids is 3. The Balaban J connectivity index is 0. The van der Waals surface area contributed by atoms with Crippen molar-refractivity contribution in [1.29, 1.82) is 0 Å². The van der Waals surface area contributed by atoms with Gasteiger partial charge in [0.05, 0.1) is 12.0 Å². The van der Waals surface area contributed by atoms with Crippen LogP contribution in [-0.2, 0) is 20.8 Å². The summed E-state index contributed by atoms with van der Waals surface area (Å²) < 4.78 is 0. The van der Waals surface area contributed by atoms with E-state index in [0.717, 1.165) is 0 Å². The van der Waals surface area contributed by atoms with Crippen molar-refractivity contribution in [3.05, 3.63) is 18.2 Å². The maximum Gasteiger partial charge on any atom is 0.320 e. The highest BCUT2D eigenvalue weighted by molar-refractivity contribution is 5.73. The Morgan fingerprint density at radius 2 is 1.46 bits per heavy atom. The normalized spacial score (nSPS) is 13.3. The molecule has 1 heterocycles. The van der Waals surface area contributed by atoms with Crippen LogP contribution in [-0.4, -0.2) is 61.3 Å². The minimum absolute atomic E-state index is 0.263. The first kappa shape index (κ1) is 25.7. The van der Waals surface area contributed by atoms with Crippen molar-refractivity contribution >= 4 is 17.9 Å². The second-order valence-electron chi connectivity index (χ2n) is 5.91. The lowest BCUT2D eigenvalue weighted by Gasteiger charge is -2.07. The fraction of sp³-hybridized carbons (Fsp3) is 0.600. The largest absolute Gasteiger partial charge is 0.480 e. The highest BCUT2D eigenvalue weighted by atomic mass is 16.4. The molecule has 0 fully saturated rings. The summed E-state index contributed by atoms with van der Waals surface area (Å²) in [5, 5.41) is 24.6. The van der Waals surface area contributed by atoms with Gasteiger partial charge in [0.1, 0.15) is 18.1 Å². The Labute approximate surface area is 151 Å². The molecule has 11 nitrogen and oxygen atoms in total. The molecule has 0 aromatic carbocycles. The van der Waals surface area contributed by atoms with E-state index in [-0.39, 0.29) is 6.42 Å². The van der Waals surface area contributed by atoms with E-state index in [1.54, 1.807) is 6.20 Å². The molecule has 150 valence electrons. The van der Waals surface area contributed by atoms with Gasteiger partial charge in [0.15, 0.2) is 0 Å². The van der Waals surface area contributed by atoms with Gasteiger partial charge in [-0.15, -0.1) is 0 Å². The third kappa shape index (κ3) is 15.1. The van der Waals surface area contributed by atoms with Crippen molar-refractivity contribution in [1.82, 2.24) is 9.97 Å². The van der Waals surface area contributed by atoms with Crippen LogP contribution in [0.3, 0.4) is 0 Å². The first-order valence-electron chi connectivity index (χ1n) is 7.81. The van der Waals surface area contributed by atoms with E-state index < -0.39 is 36.0 Å². The third-order valence-corrected chi connectivity index (χ3v) is 2.73. The molecule has 10 N–H and O–H groups in total. The monoisotopic (exact) mass is 375 g/mol. The third-order valence-electron chi connectivity index (χ3n) is 2.73. The number of aliphatic carboxylic acids is 3. The minimum atomic E-state index is -1.01. The molecule has 3 atom stereocenters. The second kappa shape index (κ2) is 13.8. The number of nitrogens with zero attached hydrogens (tertiary/aromatic N) is 1. The van der Waals surface area contributed by atoms with Gasteiger partial charge in [-0.25, -0.2) is 4.98 Å². The molecule has 1 aromatic rings. The lowest BCUT2D eigenvalue weighted by Crippen LogP contribution is -2.32. The van der Waals surface area contributed by atoms with E-state index in [2.05, 4.69) is 9.97 Å². The van der Waals surface area contributed by atoms with E-state index in [1.807, 2.05) is 13.8 Å². The molecule has 0 aliphatic rings. The zero-order valence-corrected chi connectivity index (χ0v) is 15.1. The number of H-pyrrole nitrogens is 1. The van der Waals surface area contributed by atoms with Gasteiger partial charge < -0.3 is 37.5 Å². The average molecular weight is 375 g/mol. The van der Waals surface area contributed by atoms with Crippen molar-refractivity contribution in [2.75, 3.05) is 0 Å². The van der Waals surface area contributed by atoms with Crippen LogP contribution in [0.2, 0.25) is 0 Å². The average Bonchev–Trinajstić information content (AvgIpc) is 3.00. The van der Waals surface area contributed by atoms with E-state index in [9.17, 15) is 14.4 Å². The number of hydrogen-bond acceptors (Lipinski definition) is 7. The van der Waals surface area contributed by atoms with Crippen LogP contribution in [0, 0.1) is 5.92 Å². The summed E-state index contributed by atoms with van der Waals surface area (Å²) in [6, 6.07) is -2.28. The van der Waals surface area contributed by atoms with Crippen molar-refractivity contribution in [3.8, 4) is 0 Å². The Hall–Kier alpha value is -2.50. The van der Waals surface area contributed by atoms with Crippen LogP contribution < -0.4 is 17.2 Å². The highest BCUT2D eigenvalue weighted by Crippen LogP contribution is 2.01. The number of carboxylic acid groups (broad SMARTS) is 3. The quantitative estimate of drug-likeness (QED) is 0.315. The van der Waals surface area contributed by atoms with Crippen molar-refractivity contribution in [2.24, 2.45) is 23.1 Å². The molecule has 0 bridgehead atoms. The van der Waals surface area contributed by atoms with Crippen molar-refractivity contribution in [2.45, 2.75) is 51.7 Å². The van der Waals surface area contributed by atoms with Crippen LogP contribution in [0.25, 0.3) is 0 Å². The predicted octanol–water partition coefficient (Wildman–Crippen LogP) is -0.773. The number of carbonyl (C=O) groups is 3. The van der Waals surface area contributed by atoms with Crippen molar-refractivity contribution in [3.63, 3.8) is 0 Å². The summed E-state index contributed by atoms with van der Waals surface area (Å²) in [6.45, 7) is 5.31.